The third kappa shape index (κ3) is 3.13. The highest BCUT2D eigenvalue weighted by Crippen LogP contribution is 2.32. The highest BCUT2D eigenvalue weighted by atomic mass is 32.1. The summed E-state index contributed by atoms with van der Waals surface area (Å²) in [5.74, 6) is 0.467. The lowest BCUT2D eigenvalue weighted by atomic mass is 10.2. The van der Waals surface area contributed by atoms with Crippen molar-refractivity contribution in [1.82, 2.24) is 5.32 Å². The lowest BCUT2D eigenvalue weighted by Crippen LogP contribution is -2.30. The number of ether oxygens (including phenoxy) is 1. The number of aryl methyl sites for hydroxylation is 1. The number of thiophene rings is 1. The zero-order valence-electron chi connectivity index (χ0n) is 12.8. The fourth-order valence-electron chi connectivity index (χ4n) is 2.35. The largest absolute Gasteiger partial charge is 0.492 e. The second-order valence-corrected chi connectivity index (χ2v) is 6.68. The molecular formula is C17H16N2O2S2. The first-order chi connectivity index (χ1) is 11.1. The molecule has 0 unspecified atom stereocenters. The maximum Gasteiger partial charge on any atom is 0.281 e. The minimum absolute atomic E-state index is 0.173. The van der Waals surface area contributed by atoms with E-state index in [4.69, 9.17) is 17.0 Å². The molecule has 1 aliphatic rings. The summed E-state index contributed by atoms with van der Waals surface area (Å²) in [6.07, 6.45) is 1.83. The smallest absolute Gasteiger partial charge is 0.281 e. The molecule has 3 rings (SSSR count). The number of nitrogens with zero attached hydrogens (tertiary/aromatic N) is 1. The van der Waals surface area contributed by atoms with E-state index in [-0.39, 0.29) is 5.91 Å². The average molecular weight is 344 g/mol. The van der Waals surface area contributed by atoms with Gasteiger partial charge in [0.25, 0.3) is 5.91 Å². The van der Waals surface area contributed by atoms with E-state index in [0.29, 0.717) is 28.9 Å². The lowest BCUT2D eigenvalue weighted by molar-refractivity contribution is -0.113. The number of benzene rings is 1. The Kier molecular flexibility index (Phi) is 4.45. The molecule has 1 aromatic carbocycles. The van der Waals surface area contributed by atoms with Gasteiger partial charge in [0.1, 0.15) is 11.4 Å². The quantitative estimate of drug-likeness (QED) is 0.678. The molecule has 0 bridgehead atoms. The number of thiocarbonyl (C=S) groups is 1. The van der Waals surface area contributed by atoms with Crippen molar-refractivity contribution >= 4 is 46.3 Å². The van der Waals surface area contributed by atoms with Gasteiger partial charge in [-0.15, -0.1) is 11.3 Å². The maximum atomic E-state index is 12.7. The molecule has 4 nitrogen and oxygen atoms in total. The lowest BCUT2D eigenvalue weighted by Gasteiger charge is -2.17. The zero-order chi connectivity index (χ0) is 16.4. The standard InChI is InChI=1S/C17H16N2O2S2/c1-3-21-15-7-5-4-6-14(15)19-16(20)13(18-17(19)22)10-12-9-8-11(2)23-12/h4-10H,3H2,1-2H3,(H,18,22)/b13-10+. The molecule has 23 heavy (non-hydrogen) atoms. The fourth-order valence-corrected chi connectivity index (χ4v) is 3.46. The Hall–Kier alpha value is -2.18. The van der Waals surface area contributed by atoms with Gasteiger partial charge in [-0.2, -0.15) is 0 Å². The summed E-state index contributed by atoms with van der Waals surface area (Å²) in [5, 5.41) is 3.36. The third-order valence-corrected chi connectivity index (χ3v) is 4.56. The van der Waals surface area contributed by atoms with Gasteiger partial charge in [-0.3, -0.25) is 4.79 Å². The first-order valence-corrected chi connectivity index (χ1v) is 8.48. The van der Waals surface area contributed by atoms with Crippen LogP contribution in [0.4, 0.5) is 5.69 Å². The molecule has 1 aliphatic heterocycles. The summed E-state index contributed by atoms with van der Waals surface area (Å²) in [5.41, 5.74) is 1.13. The van der Waals surface area contributed by atoms with E-state index in [1.165, 1.54) is 9.78 Å². The number of anilines is 1. The molecule has 2 heterocycles. The van der Waals surface area contributed by atoms with Crippen LogP contribution in [0, 0.1) is 6.92 Å². The van der Waals surface area contributed by atoms with Crippen LogP contribution in [0.2, 0.25) is 0 Å². The molecule has 1 N–H and O–H groups in total. The zero-order valence-corrected chi connectivity index (χ0v) is 14.5. The second kappa shape index (κ2) is 6.52. The Bertz CT molecular complexity index is 795. The summed E-state index contributed by atoms with van der Waals surface area (Å²) in [7, 11) is 0. The summed E-state index contributed by atoms with van der Waals surface area (Å²) >= 11 is 6.97. The number of carbonyl (C=O) groups excluding carboxylic acids is 1. The first-order valence-electron chi connectivity index (χ1n) is 7.25. The van der Waals surface area contributed by atoms with E-state index in [1.807, 2.05) is 56.3 Å². The van der Waals surface area contributed by atoms with Crippen LogP contribution in [-0.4, -0.2) is 17.6 Å². The van der Waals surface area contributed by atoms with E-state index in [9.17, 15) is 4.79 Å². The number of amides is 1. The number of hydrogen-bond acceptors (Lipinski definition) is 4. The van der Waals surface area contributed by atoms with E-state index in [0.717, 1.165) is 4.88 Å². The van der Waals surface area contributed by atoms with E-state index in [1.54, 1.807) is 11.3 Å². The molecule has 0 saturated carbocycles. The number of rotatable bonds is 4. The van der Waals surface area contributed by atoms with Crippen LogP contribution < -0.4 is 15.0 Å². The van der Waals surface area contributed by atoms with Crippen molar-refractivity contribution in [3.8, 4) is 5.75 Å². The maximum absolute atomic E-state index is 12.7. The number of nitrogens with one attached hydrogen (secondary N) is 1. The Balaban J connectivity index is 1.95. The molecule has 6 heteroatoms. The van der Waals surface area contributed by atoms with Gasteiger partial charge in [0.2, 0.25) is 0 Å². The molecule has 2 aromatic rings. The molecule has 1 amide bonds. The minimum Gasteiger partial charge on any atom is -0.492 e. The van der Waals surface area contributed by atoms with Gasteiger partial charge < -0.3 is 10.1 Å². The van der Waals surface area contributed by atoms with Gasteiger partial charge in [0, 0.05) is 9.75 Å². The summed E-state index contributed by atoms with van der Waals surface area (Å²) in [4.78, 5) is 16.4. The van der Waals surface area contributed by atoms with E-state index in [2.05, 4.69) is 5.32 Å². The van der Waals surface area contributed by atoms with Gasteiger partial charge >= 0.3 is 0 Å². The summed E-state index contributed by atoms with van der Waals surface area (Å²) in [6, 6.07) is 11.4. The highest BCUT2D eigenvalue weighted by molar-refractivity contribution is 7.80. The highest BCUT2D eigenvalue weighted by Gasteiger charge is 2.33. The topological polar surface area (TPSA) is 41.6 Å². The van der Waals surface area contributed by atoms with Crippen molar-refractivity contribution < 1.29 is 9.53 Å². The number of hydrogen-bond donors (Lipinski definition) is 1. The van der Waals surface area contributed by atoms with Crippen molar-refractivity contribution in [2.75, 3.05) is 11.5 Å². The molecule has 0 spiro atoms. The van der Waals surface area contributed by atoms with E-state index >= 15 is 0 Å². The molecule has 0 radical (unpaired) electrons. The first kappa shape index (κ1) is 15.7. The van der Waals surface area contributed by atoms with Crippen molar-refractivity contribution in [2.24, 2.45) is 0 Å². The molecule has 0 atom stereocenters. The van der Waals surface area contributed by atoms with Gasteiger partial charge in [-0.05, 0) is 56.4 Å². The number of para-hydroxylation sites is 2. The van der Waals surface area contributed by atoms with Crippen LogP contribution in [0.1, 0.15) is 16.7 Å². The van der Waals surface area contributed by atoms with Gasteiger partial charge in [-0.25, -0.2) is 4.90 Å². The van der Waals surface area contributed by atoms with Crippen molar-refractivity contribution in [1.29, 1.82) is 0 Å². The molecule has 1 aromatic heterocycles. The molecule has 1 saturated heterocycles. The van der Waals surface area contributed by atoms with Gasteiger partial charge in [-0.1, -0.05) is 12.1 Å². The van der Waals surface area contributed by atoms with Gasteiger partial charge in [0.15, 0.2) is 5.11 Å². The average Bonchev–Trinajstić information content (AvgIpc) is 3.05. The summed E-state index contributed by atoms with van der Waals surface area (Å²) < 4.78 is 5.60. The van der Waals surface area contributed by atoms with E-state index < -0.39 is 0 Å². The predicted octanol–water partition coefficient (Wildman–Crippen LogP) is 3.72. The SMILES string of the molecule is CCOc1ccccc1N1C(=O)/C(=C\c2ccc(C)s2)NC1=S. The Morgan fingerprint density at radius 1 is 1.30 bits per heavy atom. The second-order valence-electron chi connectivity index (χ2n) is 4.98. The third-order valence-electron chi connectivity index (χ3n) is 3.33. The Morgan fingerprint density at radius 3 is 2.78 bits per heavy atom. The predicted molar refractivity (Wildman–Crippen MR) is 97.9 cm³/mol. The van der Waals surface area contributed by atoms with Crippen LogP contribution in [-0.2, 0) is 4.79 Å². The molecule has 0 aliphatic carbocycles. The van der Waals surface area contributed by atoms with Gasteiger partial charge in [0.05, 0.1) is 12.3 Å². The Labute approximate surface area is 144 Å². The fraction of sp³-hybridized carbons (Fsp3) is 0.176. The van der Waals surface area contributed by atoms with Crippen LogP contribution in [0.15, 0.2) is 42.1 Å². The van der Waals surface area contributed by atoms with Crippen molar-refractivity contribution in [2.45, 2.75) is 13.8 Å². The van der Waals surface area contributed by atoms with Crippen molar-refractivity contribution in [3.05, 3.63) is 51.8 Å². The summed E-state index contributed by atoms with van der Waals surface area (Å²) in [6.45, 7) is 4.46. The van der Waals surface area contributed by atoms with Crippen molar-refractivity contribution in [3.63, 3.8) is 0 Å². The minimum atomic E-state index is -0.173. The van der Waals surface area contributed by atoms with Crippen LogP contribution in [0.5, 0.6) is 5.75 Å². The molecule has 1 fully saturated rings. The Morgan fingerprint density at radius 2 is 2.09 bits per heavy atom. The molecular weight excluding hydrogens is 328 g/mol. The monoisotopic (exact) mass is 344 g/mol. The van der Waals surface area contributed by atoms with Crippen LogP contribution in [0.25, 0.3) is 6.08 Å². The normalized spacial score (nSPS) is 16.1. The van der Waals surface area contributed by atoms with Crippen LogP contribution >= 0.6 is 23.6 Å². The number of carbonyl (C=O) groups is 1. The molecule has 118 valence electrons. The van der Waals surface area contributed by atoms with Crippen LogP contribution in [0.3, 0.4) is 0 Å².